The van der Waals surface area contributed by atoms with Gasteiger partial charge in [-0.15, -0.1) is 0 Å². The zero-order chi connectivity index (χ0) is 20.7. The summed E-state index contributed by atoms with van der Waals surface area (Å²) in [5.41, 5.74) is 4.07. The Morgan fingerprint density at radius 3 is 2.36 bits per heavy atom. The molecule has 0 bridgehead atoms. The number of thiocarbonyl (C=S) groups is 1. The van der Waals surface area contributed by atoms with Crippen LogP contribution in [0, 0.1) is 13.8 Å². The number of carbonyl (C=O) groups excluding carboxylic acids is 1. The van der Waals surface area contributed by atoms with E-state index in [4.69, 9.17) is 47.0 Å². The van der Waals surface area contributed by atoms with Crippen LogP contribution < -0.4 is 16.0 Å². The van der Waals surface area contributed by atoms with Gasteiger partial charge in [0, 0.05) is 12.1 Å². The van der Waals surface area contributed by atoms with Crippen molar-refractivity contribution in [3.05, 3.63) is 65.2 Å². The smallest absolute Gasteiger partial charge is 0.228 e. The number of aryl methyl sites for hydroxylation is 3. The molecule has 0 saturated carbocycles. The number of hydrogen-bond donors (Lipinski definition) is 3. The number of alkyl halides is 3. The monoisotopic (exact) mass is 457 g/mol. The molecule has 0 aliphatic rings. The highest BCUT2D eigenvalue weighted by Crippen LogP contribution is 2.29. The van der Waals surface area contributed by atoms with Crippen LogP contribution in [0.25, 0.3) is 0 Å². The fourth-order valence-electron chi connectivity index (χ4n) is 2.58. The van der Waals surface area contributed by atoms with Crippen LogP contribution >= 0.6 is 47.0 Å². The zero-order valence-corrected chi connectivity index (χ0v) is 18.6. The molecule has 0 saturated heterocycles. The van der Waals surface area contributed by atoms with Crippen LogP contribution in [0.1, 0.15) is 23.1 Å². The van der Waals surface area contributed by atoms with E-state index in [0.717, 1.165) is 22.4 Å². The maximum absolute atomic E-state index is 12.3. The fraction of sp³-hybridized carbons (Fsp3) is 0.300. The molecule has 0 aliphatic carbocycles. The van der Waals surface area contributed by atoms with Gasteiger partial charge in [0.05, 0.1) is 0 Å². The highest BCUT2D eigenvalue weighted by atomic mass is 35.6. The van der Waals surface area contributed by atoms with E-state index >= 15 is 0 Å². The maximum Gasteiger partial charge on any atom is 0.228 e. The first-order chi connectivity index (χ1) is 13.1. The Hall–Kier alpha value is -1.53. The number of nitrogens with one attached hydrogen (secondary N) is 3. The van der Waals surface area contributed by atoms with Crippen molar-refractivity contribution < 1.29 is 4.79 Å². The van der Waals surface area contributed by atoms with Gasteiger partial charge < -0.3 is 16.0 Å². The van der Waals surface area contributed by atoms with Crippen LogP contribution in [-0.2, 0) is 11.2 Å². The predicted octanol–water partition coefficient (Wildman–Crippen LogP) is 5.04. The molecule has 0 radical (unpaired) electrons. The first-order valence-electron chi connectivity index (χ1n) is 8.70. The molecule has 28 heavy (non-hydrogen) atoms. The van der Waals surface area contributed by atoms with Gasteiger partial charge in [0.2, 0.25) is 9.70 Å². The topological polar surface area (TPSA) is 53.2 Å². The zero-order valence-electron chi connectivity index (χ0n) is 15.6. The number of anilines is 1. The molecule has 2 aromatic carbocycles. The number of amides is 1. The molecule has 3 N–H and O–H groups in total. The van der Waals surface area contributed by atoms with E-state index in [1.54, 1.807) is 0 Å². The van der Waals surface area contributed by atoms with Crippen molar-refractivity contribution in [2.75, 3.05) is 5.32 Å². The van der Waals surface area contributed by atoms with Crippen molar-refractivity contribution in [1.82, 2.24) is 10.6 Å². The Morgan fingerprint density at radius 1 is 1.07 bits per heavy atom. The van der Waals surface area contributed by atoms with Gasteiger partial charge in [-0.2, -0.15) is 0 Å². The Balaban J connectivity index is 1.95. The van der Waals surface area contributed by atoms with E-state index < -0.39 is 9.96 Å². The molecule has 2 aromatic rings. The van der Waals surface area contributed by atoms with Gasteiger partial charge >= 0.3 is 0 Å². The van der Waals surface area contributed by atoms with Crippen molar-refractivity contribution in [3.63, 3.8) is 0 Å². The molecular weight excluding hydrogens is 437 g/mol. The second kappa shape index (κ2) is 10.3. The first-order valence-corrected chi connectivity index (χ1v) is 10.2. The maximum atomic E-state index is 12.3. The molecule has 0 spiro atoms. The van der Waals surface area contributed by atoms with Gasteiger partial charge in [0.1, 0.15) is 6.17 Å². The summed E-state index contributed by atoms with van der Waals surface area (Å²) in [4.78, 5) is 12.3. The van der Waals surface area contributed by atoms with Crippen LogP contribution in [0.2, 0.25) is 0 Å². The third-order valence-electron chi connectivity index (χ3n) is 4.02. The minimum absolute atomic E-state index is 0.242. The van der Waals surface area contributed by atoms with Crippen LogP contribution in [0.5, 0.6) is 0 Å². The van der Waals surface area contributed by atoms with Crippen molar-refractivity contribution in [1.29, 1.82) is 0 Å². The van der Waals surface area contributed by atoms with Crippen LogP contribution in [-0.4, -0.2) is 21.0 Å². The first kappa shape index (κ1) is 22.8. The summed E-state index contributed by atoms with van der Waals surface area (Å²) >= 11 is 23.4. The van der Waals surface area contributed by atoms with Crippen molar-refractivity contribution in [2.45, 2.75) is 36.6 Å². The molecule has 0 aromatic heterocycles. The van der Waals surface area contributed by atoms with Crippen LogP contribution in [0.3, 0.4) is 0 Å². The minimum atomic E-state index is -1.78. The summed E-state index contributed by atoms with van der Waals surface area (Å²) in [6.45, 7) is 3.98. The summed E-state index contributed by atoms with van der Waals surface area (Å²) in [6.07, 6.45) is -0.128. The molecule has 0 heterocycles. The second-order valence-electron chi connectivity index (χ2n) is 6.44. The lowest BCUT2D eigenvalue weighted by atomic mass is 10.1. The van der Waals surface area contributed by atoms with Gasteiger partial charge in [0.25, 0.3) is 0 Å². The SMILES string of the molecule is Cc1ccc(NC(=S)N[C@@H](NC(=O)CCc2ccccc2)C(Cl)(Cl)Cl)c(C)c1. The third-order valence-corrected chi connectivity index (χ3v) is 4.90. The van der Waals surface area contributed by atoms with Gasteiger partial charge in [-0.3, -0.25) is 4.79 Å². The summed E-state index contributed by atoms with van der Waals surface area (Å²) < 4.78 is -1.78. The van der Waals surface area contributed by atoms with E-state index in [1.807, 2.05) is 62.4 Å². The van der Waals surface area contributed by atoms with E-state index in [0.29, 0.717) is 6.42 Å². The quantitative estimate of drug-likeness (QED) is 0.323. The van der Waals surface area contributed by atoms with Crippen LogP contribution in [0.15, 0.2) is 48.5 Å². The summed E-state index contributed by atoms with van der Waals surface area (Å²) in [5.74, 6) is -0.248. The third kappa shape index (κ3) is 7.47. The van der Waals surface area contributed by atoms with Crippen molar-refractivity contribution in [3.8, 4) is 0 Å². The summed E-state index contributed by atoms with van der Waals surface area (Å²) in [6, 6.07) is 15.6. The minimum Gasteiger partial charge on any atom is -0.339 e. The Bertz CT molecular complexity index is 825. The Kier molecular flexibility index (Phi) is 8.38. The summed E-state index contributed by atoms with van der Waals surface area (Å²) in [5, 5.41) is 8.87. The summed E-state index contributed by atoms with van der Waals surface area (Å²) in [7, 11) is 0. The molecule has 8 heteroatoms. The Morgan fingerprint density at radius 2 is 1.75 bits per heavy atom. The normalized spacial score (nSPS) is 12.2. The van der Waals surface area contributed by atoms with E-state index in [2.05, 4.69) is 16.0 Å². The molecule has 2 rings (SSSR count). The largest absolute Gasteiger partial charge is 0.339 e. The van der Waals surface area contributed by atoms with Crippen molar-refractivity contribution >= 4 is 63.7 Å². The molecule has 1 atom stereocenters. The molecule has 150 valence electrons. The number of benzene rings is 2. The van der Waals surface area contributed by atoms with Gasteiger partial charge in [-0.05, 0) is 49.7 Å². The molecule has 0 unspecified atom stereocenters. The molecule has 1 amide bonds. The lowest BCUT2D eigenvalue weighted by molar-refractivity contribution is -0.121. The lowest BCUT2D eigenvalue weighted by Gasteiger charge is -2.28. The highest BCUT2D eigenvalue weighted by molar-refractivity contribution is 7.80. The molecule has 0 fully saturated rings. The molecular formula is C20H22Cl3N3OS. The Labute approximate surface area is 185 Å². The molecule has 4 nitrogen and oxygen atoms in total. The van der Waals surface area contributed by atoms with E-state index in [1.165, 1.54) is 0 Å². The molecule has 0 aliphatic heterocycles. The highest BCUT2D eigenvalue weighted by Gasteiger charge is 2.34. The average Bonchev–Trinajstić information content (AvgIpc) is 2.62. The number of halogens is 3. The predicted molar refractivity (Wildman–Crippen MR) is 122 cm³/mol. The number of rotatable bonds is 6. The van der Waals surface area contributed by atoms with E-state index in [9.17, 15) is 4.79 Å². The van der Waals surface area contributed by atoms with Gasteiger partial charge in [0.15, 0.2) is 5.11 Å². The number of carbonyl (C=O) groups is 1. The van der Waals surface area contributed by atoms with Crippen molar-refractivity contribution in [2.24, 2.45) is 0 Å². The average molecular weight is 459 g/mol. The standard InChI is InChI=1S/C20H22Cl3N3OS/c1-13-8-10-16(14(2)12-13)24-19(28)26-18(20(21,22)23)25-17(27)11-9-15-6-4-3-5-7-15/h3-8,10,12,18H,9,11H2,1-2H3,(H,25,27)(H2,24,26,28)/t18-/m1/s1. The van der Waals surface area contributed by atoms with Gasteiger partial charge in [-0.1, -0.05) is 82.8 Å². The van der Waals surface area contributed by atoms with Crippen LogP contribution in [0.4, 0.5) is 5.69 Å². The fourth-order valence-corrected chi connectivity index (χ4v) is 3.13. The lowest BCUT2D eigenvalue weighted by Crippen LogP contribution is -2.56. The van der Waals surface area contributed by atoms with Gasteiger partial charge in [-0.25, -0.2) is 0 Å². The number of hydrogen-bond acceptors (Lipinski definition) is 2. The van der Waals surface area contributed by atoms with E-state index in [-0.39, 0.29) is 17.4 Å². The second-order valence-corrected chi connectivity index (χ2v) is 9.22.